The Hall–Kier alpha value is -0.570. The summed E-state index contributed by atoms with van der Waals surface area (Å²) < 4.78 is 0. The van der Waals surface area contributed by atoms with E-state index in [2.05, 4.69) is 12.2 Å². The van der Waals surface area contributed by atoms with E-state index in [1.165, 1.54) is 0 Å². The summed E-state index contributed by atoms with van der Waals surface area (Å²) in [5.74, 6) is -0.747. The SMILES string of the molecule is CCCC(NC(C)(C)CC)C(=O)O. The van der Waals surface area contributed by atoms with Gasteiger partial charge in [-0.05, 0) is 26.7 Å². The van der Waals surface area contributed by atoms with Gasteiger partial charge in [0.05, 0.1) is 0 Å². The van der Waals surface area contributed by atoms with Gasteiger partial charge in [0.25, 0.3) is 0 Å². The van der Waals surface area contributed by atoms with Gasteiger partial charge in [-0.15, -0.1) is 0 Å². The molecule has 0 radical (unpaired) electrons. The maximum Gasteiger partial charge on any atom is 0.320 e. The zero-order valence-corrected chi connectivity index (χ0v) is 9.05. The van der Waals surface area contributed by atoms with Crippen molar-refractivity contribution in [1.29, 1.82) is 0 Å². The summed E-state index contributed by atoms with van der Waals surface area (Å²) in [6.07, 6.45) is 2.52. The summed E-state index contributed by atoms with van der Waals surface area (Å²) in [5.41, 5.74) is -0.0851. The average molecular weight is 187 g/mol. The zero-order chi connectivity index (χ0) is 10.5. The van der Waals surface area contributed by atoms with Crippen molar-refractivity contribution in [3.05, 3.63) is 0 Å². The van der Waals surface area contributed by atoms with Crippen LogP contribution in [0.3, 0.4) is 0 Å². The van der Waals surface area contributed by atoms with Crippen LogP contribution in [-0.2, 0) is 4.79 Å². The molecule has 0 fully saturated rings. The third-order valence-electron chi connectivity index (χ3n) is 2.32. The van der Waals surface area contributed by atoms with Gasteiger partial charge >= 0.3 is 5.97 Å². The smallest absolute Gasteiger partial charge is 0.320 e. The molecule has 13 heavy (non-hydrogen) atoms. The maximum absolute atomic E-state index is 10.8. The lowest BCUT2D eigenvalue weighted by atomic mass is 9.99. The molecule has 0 amide bonds. The fourth-order valence-electron chi connectivity index (χ4n) is 1.12. The van der Waals surface area contributed by atoms with E-state index >= 15 is 0 Å². The van der Waals surface area contributed by atoms with Crippen molar-refractivity contribution >= 4 is 5.97 Å². The summed E-state index contributed by atoms with van der Waals surface area (Å²) in [7, 11) is 0. The molecule has 1 unspecified atom stereocenters. The lowest BCUT2D eigenvalue weighted by Crippen LogP contribution is -2.49. The van der Waals surface area contributed by atoms with Crippen LogP contribution >= 0.6 is 0 Å². The number of hydrogen-bond donors (Lipinski definition) is 2. The van der Waals surface area contributed by atoms with E-state index in [1.807, 2.05) is 20.8 Å². The van der Waals surface area contributed by atoms with E-state index < -0.39 is 12.0 Å². The Morgan fingerprint density at radius 2 is 2.00 bits per heavy atom. The predicted molar refractivity (Wildman–Crippen MR) is 53.8 cm³/mol. The van der Waals surface area contributed by atoms with Crippen LogP contribution in [0.25, 0.3) is 0 Å². The lowest BCUT2D eigenvalue weighted by Gasteiger charge is -2.28. The maximum atomic E-state index is 10.8. The van der Waals surface area contributed by atoms with Crippen molar-refractivity contribution < 1.29 is 9.90 Å². The summed E-state index contributed by atoms with van der Waals surface area (Å²) in [6.45, 7) is 8.10. The highest BCUT2D eigenvalue weighted by molar-refractivity contribution is 5.73. The topological polar surface area (TPSA) is 49.3 Å². The molecule has 2 N–H and O–H groups in total. The monoisotopic (exact) mass is 187 g/mol. The first-order valence-electron chi connectivity index (χ1n) is 4.93. The minimum absolute atomic E-state index is 0.0851. The van der Waals surface area contributed by atoms with Gasteiger partial charge in [0, 0.05) is 5.54 Å². The Kier molecular flexibility index (Phi) is 4.99. The van der Waals surface area contributed by atoms with Crippen molar-refractivity contribution in [2.24, 2.45) is 0 Å². The van der Waals surface area contributed by atoms with Crippen molar-refractivity contribution in [2.75, 3.05) is 0 Å². The minimum atomic E-state index is -0.747. The van der Waals surface area contributed by atoms with Crippen LogP contribution in [0.2, 0.25) is 0 Å². The molecule has 0 saturated heterocycles. The van der Waals surface area contributed by atoms with Gasteiger partial charge in [-0.1, -0.05) is 20.3 Å². The minimum Gasteiger partial charge on any atom is -0.480 e. The Morgan fingerprint density at radius 1 is 1.46 bits per heavy atom. The third-order valence-corrected chi connectivity index (χ3v) is 2.32. The van der Waals surface area contributed by atoms with Crippen molar-refractivity contribution in [2.45, 2.75) is 58.5 Å². The van der Waals surface area contributed by atoms with Gasteiger partial charge in [0.2, 0.25) is 0 Å². The highest BCUT2D eigenvalue weighted by Crippen LogP contribution is 2.10. The second kappa shape index (κ2) is 5.22. The first-order chi connectivity index (χ1) is 5.93. The van der Waals surface area contributed by atoms with Crippen LogP contribution in [0.4, 0.5) is 0 Å². The van der Waals surface area contributed by atoms with Gasteiger partial charge < -0.3 is 5.11 Å². The molecule has 0 bridgehead atoms. The van der Waals surface area contributed by atoms with Gasteiger partial charge in [-0.25, -0.2) is 0 Å². The molecule has 0 aromatic heterocycles. The van der Waals surface area contributed by atoms with E-state index in [-0.39, 0.29) is 5.54 Å². The number of nitrogens with one attached hydrogen (secondary N) is 1. The lowest BCUT2D eigenvalue weighted by molar-refractivity contribution is -0.140. The van der Waals surface area contributed by atoms with Crippen LogP contribution in [0.5, 0.6) is 0 Å². The van der Waals surface area contributed by atoms with E-state index in [4.69, 9.17) is 5.11 Å². The molecule has 0 aromatic carbocycles. The molecule has 0 heterocycles. The normalized spacial score (nSPS) is 14.2. The molecule has 0 saturated carbocycles. The molecule has 3 heteroatoms. The molecule has 3 nitrogen and oxygen atoms in total. The zero-order valence-electron chi connectivity index (χ0n) is 9.05. The third kappa shape index (κ3) is 4.88. The first-order valence-corrected chi connectivity index (χ1v) is 4.93. The van der Waals surface area contributed by atoms with Crippen LogP contribution in [0.1, 0.15) is 47.0 Å². The van der Waals surface area contributed by atoms with Crippen molar-refractivity contribution in [3.63, 3.8) is 0 Å². The Morgan fingerprint density at radius 3 is 2.31 bits per heavy atom. The van der Waals surface area contributed by atoms with Gasteiger partial charge in [0.1, 0.15) is 6.04 Å². The quantitative estimate of drug-likeness (QED) is 0.668. The van der Waals surface area contributed by atoms with Crippen molar-refractivity contribution in [3.8, 4) is 0 Å². The number of aliphatic carboxylic acids is 1. The molecule has 0 rings (SSSR count). The number of hydrogen-bond acceptors (Lipinski definition) is 2. The van der Waals surface area contributed by atoms with E-state index in [1.54, 1.807) is 0 Å². The molecule has 0 aromatic rings. The van der Waals surface area contributed by atoms with Crippen LogP contribution in [0, 0.1) is 0 Å². The largest absolute Gasteiger partial charge is 0.480 e. The standard InChI is InChI=1S/C10H21NO2/c1-5-7-8(9(12)13)11-10(3,4)6-2/h8,11H,5-7H2,1-4H3,(H,12,13). The van der Waals surface area contributed by atoms with Crippen molar-refractivity contribution in [1.82, 2.24) is 5.32 Å². The Bertz CT molecular complexity index is 166. The molecule has 0 aliphatic heterocycles. The number of carboxylic acids is 1. The van der Waals surface area contributed by atoms with Gasteiger partial charge in [-0.3, -0.25) is 10.1 Å². The Balaban J connectivity index is 4.17. The summed E-state index contributed by atoms with van der Waals surface area (Å²) in [4.78, 5) is 10.8. The fraction of sp³-hybridized carbons (Fsp3) is 0.900. The molecule has 1 atom stereocenters. The first kappa shape index (κ1) is 12.4. The predicted octanol–water partition coefficient (Wildman–Crippen LogP) is 2.02. The van der Waals surface area contributed by atoms with Gasteiger partial charge in [-0.2, -0.15) is 0 Å². The number of rotatable bonds is 6. The highest BCUT2D eigenvalue weighted by atomic mass is 16.4. The van der Waals surface area contributed by atoms with E-state index in [0.717, 1.165) is 12.8 Å². The summed E-state index contributed by atoms with van der Waals surface area (Å²) in [5, 5.41) is 12.0. The fourth-order valence-corrected chi connectivity index (χ4v) is 1.12. The Labute approximate surface area is 80.5 Å². The molecular weight excluding hydrogens is 166 g/mol. The second-order valence-corrected chi connectivity index (χ2v) is 4.06. The molecule has 0 aliphatic rings. The summed E-state index contributed by atoms with van der Waals surface area (Å²) in [6, 6.07) is -0.403. The number of carbonyl (C=O) groups is 1. The van der Waals surface area contributed by atoms with Gasteiger partial charge in [0.15, 0.2) is 0 Å². The molecular formula is C10H21NO2. The highest BCUT2D eigenvalue weighted by Gasteiger charge is 2.24. The van der Waals surface area contributed by atoms with E-state index in [0.29, 0.717) is 6.42 Å². The van der Waals surface area contributed by atoms with Crippen LogP contribution in [-0.4, -0.2) is 22.7 Å². The molecule has 0 spiro atoms. The van der Waals surface area contributed by atoms with Crippen LogP contribution < -0.4 is 5.32 Å². The number of carboxylic acid groups (broad SMARTS) is 1. The molecule has 0 aliphatic carbocycles. The average Bonchev–Trinajstić information content (AvgIpc) is 2.03. The summed E-state index contributed by atoms with van der Waals surface area (Å²) >= 11 is 0. The molecule has 78 valence electrons. The second-order valence-electron chi connectivity index (χ2n) is 4.06. The van der Waals surface area contributed by atoms with E-state index in [9.17, 15) is 4.79 Å². The van der Waals surface area contributed by atoms with Crippen LogP contribution in [0.15, 0.2) is 0 Å².